The summed E-state index contributed by atoms with van der Waals surface area (Å²) in [5.41, 5.74) is -0.526. The van der Waals surface area contributed by atoms with Crippen molar-refractivity contribution in [3.63, 3.8) is 0 Å². The Morgan fingerprint density at radius 1 is 1.50 bits per heavy atom. The molecule has 74 valence electrons. The van der Waals surface area contributed by atoms with Crippen LogP contribution in [0.4, 0.5) is 5.82 Å². The van der Waals surface area contributed by atoms with Crippen LogP contribution in [0, 0.1) is 12.3 Å². The molecule has 0 atom stereocenters. The van der Waals surface area contributed by atoms with Crippen LogP contribution in [0.15, 0.2) is 6.20 Å². The quantitative estimate of drug-likeness (QED) is 0.626. The van der Waals surface area contributed by atoms with Gasteiger partial charge in [-0.25, -0.2) is 4.98 Å². The van der Waals surface area contributed by atoms with Gasteiger partial charge in [0.05, 0.1) is 11.7 Å². The van der Waals surface area contributed by atoms with Crippen LogP contribution in [0.1, 0.15) is 13.8 Å². The summed E-state index contributed by atoms with van der Waals surface area (Å²) in [4.78, 5) is 7.65. The van der Waals surface area contributed by atoms with Gasteiger partial charge in [-0.3, -0.25) is 0 Å². The summed E-state index contributed by atoms with van der Waals surface area (Å²) in [5, 5.41) is 3.49. The van der Waals surface area contributed by atoms with Crippen molar-refractivity contribution < 1.29 is 0 Å². The normalized spacial score (nSPS) is 10.8. The van der Waals surface area contributed by atoms with E-state index < -0.39 is 5.54 Å². The van der Waals surface area contributed by atoms with Crippen LogP contribution in [-0.4, -0.2) is 15.5 Å². The fourth-order valence-electron chi connectivity index (χ4n) is 0.765. The van der Waals surface area contributed by atoms with Crippen molar-refractivity contribution in [3.8, 4) is 12.3 Å². The lowest BCUT2D eigenvalue weighted by molar-refractivity contribution is 0.735. The topological polar surface area (TPSA) is 37.8 Å². The minimum Gasteiger partial charge on any atom is -0.353 e. The summed E-state index contributed by atoms with van der Waals surface area (Å²) in [6.07, 6.45) is 6.73. The van der Waals surface area contributed by atoms with E-state index in [1.807, 2.05) is 13.8 Å². The second kappa shape index (κ2) is 4.04. The Morgan fingerprint density at radius 2 is 2.14 bits per heavy atom. The van der Waals surface area contributed by atoms with Gasteiger partial charge in [0.2, 0.25) is 5.28 Å². The lowest BCUT2D eigenvalue weighted by Gasteiger charge is -2.20. The van der Waals surface area contributed by atoms with Gasteiger partial charge in [0.25, 0.3) is 0 Å². The third kappa shape index (κ3) is 2.76. The average Bonchev–Trinajstić information content (AvgIpc) is 2.11. The van der Waals surface area contributed by atoms with Crippen molar-refractivity contribution in [1.29, 1.82) is 0 Å². The number of rotatable bonds is 2. The van der Waals surface area contributed by atoms with E-state index in [9.17, 15) is 0 Å². The molecule has 1 rings (SSSR count). The highest BCUT2D eigenvalue weighted by atomic mass is 35.5. The van der Waals surface area contributed by atoms with Crippen LogP contribution in [0.25, 0.3) is 0 Å². The Labute approximate surface area is 92.9 Å². The van der Waals surface area contributed by atoms with Crippen molar-refractivity contribution in [3.05, 3.63) is 16.5 Å². The largest absolute Gasteiger partial charge is 0.353 e. The highest BCUT2D eigenvalue weighted by Gasteiger charge is 2.16. The summed E-state index contributed by atoms with van der Waals surface area (Å²) in [6.45, 7) is 3.67. The van der Waals surface area contributed by atoms with E-state index >= 15 is 0 Å². The summed E-state index contributed by atoms with van der Waals surface area (Å²) < 4.78 is 0. The zero-order valence-electron chi connectivity index (χ0n) is 7.81. The van der Waals surface area contributed by atoms with Gasteiger partial charge in [-0.15, -0.1) is 6.42 Å². The molecule has 0 saturated heterocycles. The molecule has 1 N–H and O–H groups in total. The molecule has 0 unspecified atom stereocenters. The van der Waals surface area contributed by atoms with Crippen molar-refractivity contribution in [2.75, 3.05) is 5.32 Å². The zero-order valence-corrected chi connectivity index (χ0v) is 9.32. The molecule has 1 heterocycles. The molecule has 0 amide bonds. The molecule has 0 spiro atoms. The minimum atomic E-state index is -0.526. The number of hydrogen-bond acceptors (Lipinski definition) is 3. The maximum absolute atomic E-state index is 5.84. The van der Waals surface area contributed by atoms with Crippen LogP contribution < -0.4 is 5.32 Å². The molecule has 0 aromatic carbocycles. The molecule has 1 aromatic rings. The Balaban J connectivity index is 2.98. The molecular weight excluding hydrogens is 221 g/mol. The fourth-order valence-corrected chi connectivity index (χ4v) is 1.04. The first-order chi connectivity index (χ1) is 6.44. The Kier molecular flexibility index (Phi) is 3.20. The standard InChI is InChI=1S/C9H9Cl2N3/c1-4-9(2,3)14-7-6(10)5-12-8(11)13-7/h1,5H,2-3H3,(H,12,13,14). The molecule has 3 nitrogen and oxygen atoms in total. The SMILES string of the molecule is C#CC(C)(C)Nc1nc(Cl)ncc1Cl. The maximum Gasteiger partial charge on any atom is 0.224 e. The van der Waals surface area contributed by atoms with Crippen LogP contribution in [0.2, 0.25) is 10.3 Å². The lowest BCUT2D eigenvalue weighted by atomic mass is 10.1. The van der Waals surface area contributed by atoms with Gasteiger partial charge >= 0.3 is 0 Å². The summed E-state index contributed by atoms with van der Waals surface area (Å²) >= 11 is 11.5. The molecule has 0 bridgehead atoms. The first-order valence-corrected chi connectivity index (χ1v) is 4.64. The monoisotopic (exact) mass is 229 g/mol. The number of terminal acetylenes is 1. The number of hydrogen-bond donors (Lipinski definition) is 1. The van der Waals surface area contributed by atoms with E-state index in [0.29, 0.717) is 10.8 Å². The number of aromatic nitrogens is 2. The molecule has 14 heavy (non-hydrogen) atoms. The number of nitrogens with one attached hydrogen (secondary N) is 1. The van der Waals surface area contributed by atoms with Gasteiger partial charge in [-0.05, 0) is 25.4 Å². The van der Waals surface area contributed by atoms with Crippen LogP contribution in [0.5, 0.6) is 0 Å². The minimum absolute atomic E-state index is 0.129. The van der Waals surface area contributed by atoms with Gasteiger partial charge in [0.15, 0.2) is 5.82 Å². The third-order valence-corrected chi connectivity index (χ3v) is 1.97. The smallest absolute Gasteiger partial charge is 0.224 e. The molecule has 0 radical (unpaired) electrons. The molecule has 5 heteroatoms. The molecule has 1 aromatic heterocycles. The molecule has 0 fully saturated rings. The highest BCUT2D eigenvalue weighted by Crippen LogP contribution is 2.22. The number of anilines is 1. The predicted octanol–water partition coefficient (Wildman–Crippen LogP) is 2.61. The van der Waals surface area contributed by atoms with Crippen molar-refractivity contribution in [2.24, 2.45) is 0 Å². The van der Waals surface area contributed by atoms with E-state index in [2.05, 4.69) is 21.2 Å². The Morgan fingerprint density at radius 3 is 2.71 bits per heavy atom. The van der Waals surface area contributed by atoms with Crippen molar-refractivity contribution in [1.82, 2.24) is 9.97 Å². The maximum atomic E-state index is 5.84. The van der Waals surface area contributed by atoms with Crippen molar-refractivity contribution in [2.45, 2.75) is 19.4 Å². The number of halogens is 2. The van der Waals surface area contributed by atoms with Crippen LogP contribution in [0.3, 0.4) is 0 Å². The van der Waals surface area contributed by atoms with E-state index in [1.54, 1.807) is 0 Å². The Hall–Kier alpha value is -0.980. The summed E-state index contributed by atoms with van der Waals surface area (Å²) in [5.74, 6) is 3.00. The average molecular weight is 230 g/mol. The van der Waals surface area contributed by atoms with Crippen molar-refractivity contribution >= 4 is 29.0 Å². The van der Waals surface area contributed by atoms with Crippen LogP contribution in [-0.2, 0) is 0 Å². The predicted molar refractivity (Wildman–Crippen MR) is 58.6 cm³/mol. The van der Waals surface area contributed by atoms with Gasteiger partial charge < -0.3 is 5.32 Å². The summed E-state index contributed by atoms with van der Waals surface area (Å²) in [6, 6.07) is 0. The van der Waals surface area contributed by atoms with E-state index in [-0.39, 0.29) is 5.28 Å². The molecule has 0 aliphatic rings. The zero-order chi connectivity index (χ0) is 10.8. The lowest BCUT2D eigenvalue weighted by Crippen LogP contribution is -2.29. The van der Waals surface area contributed by atoms with E-state index in [1.165, 1.54) is 6.20 Å². The van der Waals surface area contributed by atoms with E-state index in [4.69, 9.17) is 29.6 Å². The highest BCUT2D eigenvalue weighted by molar-refractivity contribution is 6.33. The second-order valence-corrected chi connectivity index (χ2v) is 3.98. The second-order valence-electron chi connectivity index (χ2n) is 3.23. The first kappa shape index (κ1) is 11.1. The Bertz CT molecular complexity index is 382. The van der Waals surface area contributed by atoms with Gasteiger partial charge in [-0.2, -0.15) is 4.98 Å². The number of nitrogens with zero attached hydrogens (tertiary/aromatic N) is 2. The van der Waals surface area contributed by atoms with Gasteiger partial charge in [0, 0.05) is 0 Å². The molecule has 0 aliphatic carbocycles. The third-order valence-electron chi connectivity index (χ3n) is 1.51. The van der Waals surface area contributed by atoms with Crippen LogP contribution >= 0.6 is 23.2 Å². The van der Waals surface area contributed by atoms with Gasteiger partial charge in [-0.1, -0.05) is 17.5 Å². The first-order valence-electron chi connectivity index (χ1n) is 3.88. The van der Waals surface area contributed by atoms with Gasteiger partial charge in [0.1, 0.15) is 5.02 Å². The fraction of sp³-hybridized carbons (Fsp3) is 0.333. The van der Waals surface area contributed by atoms with E-state index in [0.717, 1.165) is 0 Å². The summed E-state index contributed by atoms with van der Waals surface area (Å²) in [7, 11) is 0. The molecular formula is C9H9Cl2N3. The molecule has 0 saturated carbocycles. The molecule has 0 aliphatic heterocycles.